The van der Waals surface area contributed by atoms with Gasteiger partial charge in [0.2, 0.25) is 0 Å². The fraction of sp³-hybridized carbons (Fsp3) is 0.500. The van der Waals surface area contributed by atoms with Crippen LogP contribution >= 0.6 is 23.4 Å². The van der Waals surface area contributed by atoms with Gasteiger partial charge in [0.05, 0.1) is 6.61 Å². The number of ether oxygens (including phenoxy) is 1. The number of hydrogen-bond donors (Lipinski definition) is 0. The van der Waals surface area contributed by atoms with Crippen LogP contribution in [0.15, 0.2) is 29.2 Å². The first-order chi connectivity index (χ1) is 8.67. The van der Waals surface area contributed by atoms with Crippen LogP contribution < -0.4 is 0 Å². The summed E-state index contributed by atoms with van der Waals surface area (Å²) in [5.41, 5.74) is 0. The summed E-state index contributed by atoms with van der Waals surface area (Å²) in [4.78, 5) is 12.9. The Labute approximate surface area is 118 Å². The number of halogens is 1. The standard InChI is InChI=1S/C14H19ClO2S/c1-3-5-6-13(14(16)17-4-2)18-12-9-7-11(15)8-10-12/h7-10,13H,3-6H2,1-2H3/t13-/m0/s1. The second-order valence-corrected chi connectivity index (χ2v) is 5.67. The van der Waals surface area contributed by atoms with Crippen molar-refractivity contribution in [3.63, 3.8) is 0 Å². The van der Waals surface area contributed by atoms with Crippen molar-refractivity contribution >= 4 is 29.3 Å². The minimum Gasteiger partial charge on any atom is -0.465 e. The zero-order valence-corrected chi connectivity index (χ0v) is 12.4. The highest BCUT2D eigenvalue weighted by atomic mass is 35.5. The number of esters is 1. The fourth-order valence-electron chi connectivity index (χ4n) is 1.53. The Bertz CT molecular complexity index is 365. The van der Waals surface area contributed by atoms with E-state index >= 15 is 0 Å². The fourth-order valence-corrected chi connectivity index (χ4v) is 2.72. The van der Waals surface area contributed by atoms with Crippen molar-refractivity contribution in [1.82, 2.24) is 0 Å². The van der Waals surface area contributed by atoms with Gasteiger partial charge < -0.3 is 4.74 Å². The van der Waals surface area contributed by atoms with Gasteiger partial charge in [-0.1, -0.05) is 31.4 Å². The lowest BCUT2D eigenvalue weighted by Gasteiger charge is -2.14. The monoisotopic (exact) mass is 286 g/mol. The van der Waals surface area contributed by atoms with Gasteiger partial charge >= 0.3 is 5.97 Å². The molecule has 0 aliphatic rings. The van der Waals surface area contributed by atoms with Crippen molar-refractivity contribution in [3.8, 4) is 0 Å². The minimum absolute atomic E-state index is 0.119. The van der Waals surface area contributed by atoms with Gasteiger partial charge in [0.15, 0.2) is 0 Å². The number of carbonyl (C=O) groups is 1. The van der Waals surface area contributed by atoms with Crippen LogP contribution in [0.5, 0.6) is 0 Å². The first-order valence-corrected chi connectivity index (χ1v) is 7.52. The molecule has 2 nitrogen and oxygen atoms in total. The van der Waals surface area contributed by atoms with Crippen molar-refractivity contribution < 1.29 is 9.53 Å². The summed E-state index contributed by atoms with van der Waals surface area (Å²) in [6.07, 6.45) is 2.96. The first-order valence-electron chi connectivity index (χ1n) is 6.26. The second kappa shape index (κ2) is 8.44. The van der Waals surface area contributed by atoms with E-state index in [-0.39, 0.29) is 11.2 Å². The summed E-state index contributed by atoms with van der Waals surface area (Å²) in [5, 5.41) is 0.590. The Kier molecular flexibility index (Phi) is 7.21. The molecule has 4 heteroatoms. The third kappa shape index (κ3) is 5.32. The molecule has 1 atom stereocenters. The van der Waals surface area contributed by atoms with Crippen LogP contribution in [-0.2, 0) is 9.53 Å². The molecule has 0 amide bonds. The van der Waals surface area contributed by atoms with Crippen molar-refractivity contribution in [2.24, 2.45) is 0 Å². The van der Waals surface area contributed by atoms with Crippen LogP contribution in [0, 0.1) is 0 Å². The molecule has 0 aliphatic heterocycles. The zero-order chi connectivity index (χ0) is 13.4. The van der Waals surface area contributed by atoms with E-state index < -0.39 is 0 Å². The van der Waals surface area contributed by atoms with Crippen molar-refractivity contribution in [2.75, 3.05) is 6.61 Å². The maximum absolute atomic E-state index is 11.9. The normalized spacial score (nSPS) is 12.2. The highest BCUT2D eigenvalue weighted by Gasteiger charge is 2.20. The molecular weight excluding hydrogens is 268 g/mol. The quantitative estimate of drug-likeness (QED) is 0.543. The predicted octanol–water partition coefficient (Wildman–Crippen LogP) is 4.55. The van der Waals surface area contributed by atoms with Crippen LogP contribution in [0.3, 0.4) is 0 Å². The Morgan fingerprint density at radius 2 is 2.00 bits per heavy atom. The minimum atomic E-state index is -0.120. The van der Waals surface area contributed by atoms with Gasteiger partial charge in [-0.2, -0.15) is 0 Å². The van der Waals surface area contributed by atoms with Crippen LogP contribution in [0.2, 0.25) is 5.02 Å². The highest BCUT2D eigenvalue weighted by Crippen LogP contribution is 2.28. The Balaban J connectivity index is 2.64. The van der Waals surface area contributed by atoms with E-state index in [1.807, 2.05) is 31.2 Å². The smallest absolute Gasteiger partial charge is 0.319 e. The molecule has 1 aromatic carbocycles. The third-order valence-electron chi connectivity index (χ3n) is 2.46. The summed E-state index contributed by atoms with van der Waals surface area (Å²) >= 11 is 7.40. The second-order valence-electron chi connectivity index (χ2n) is 3.95. The Hall–Kier alpha value is -0.670. The molecule has 0 saturated carbocycles. The molecule has 0 unspecified atom stereocenters. The molecule has 0 aliphatic carbocycles. The number of hydrogen-bond acceptors (Lipinski definition) is 3. The van der Waals surface area contributed by atoms with Crippen LogP contribution in [-0.4, -0.2) is 17.8 Å². The number of thioether (sulfide) groups is 1. The topological polar surface area (TPSA) is 26.3 Å². The maximum atomic E-state index is 11.9. The number of rotatable bonds is 7. The van der Waals surface area contributed by atoms with Gasteiger partial charge in [-0.3, -0.25) is 4.79 Å². The van der Waals surface area contributed by atoms with Gasteiger partial charge in [0.1, 0.15) is 5.25 Å². The largest absolute Gasteiger partial charge is 0.465 e. The molecule has 0 N–H and O–H groups in total. The Morgan fingerprint density at radius 3 is 2.56 bits per heavy atom. The van der Waals surface area contributed by atoms with Crippen LogP contribution in [0.4, 0.5) is 0 Å². The highest BCUT2D eigenvalue weighted by molar-refractivity contribution is 8.00. The molecule has 0 heterocycles. The zero-order valence-electron chi connectivity index (χ0n) is 10.8. The first kappa shape index (κ1) is 15.4. The summed E-state index contributed by atoms with van der Waals surface area (Å²) in [6, 6.07) is 7.55. The van der Waals surface area contributed by atoms with E-state index in [1.54, 1.807) is 11.8 Å². The van der Waals surface area contributed by atoms with E-state index in [2.05, 4.69) is 6.92 Å². The van der Waals surface area contributed by atoms with Gasteiger partial charge in [-0.15, -0.1) is 11.8 Å². The average molecular weight is 287 g/mol. The summed E-state index contributed by atoms with van der Waals surface area (Å²) in [6.45, 7) is 4.39. The molecule has 0 aromatic heterocycles. The van der Waals surface area contributed by atoms with Gasteiger partial charge in [-0.05, 0) is 37.6 Å². The average Bonchev–Trinajstić information content (AvgIpc) is 2.37. The molecule has 100 valence electrons. The number of benzene rings is 1. The molecule has 1 aromatic rings. The number of unbranched alkanes of at least 4 members (excludes halogenated alkanes) is 1. The van der Waals surface area contributed by atoms with E-state index in [0.29, 0.717) is 11.6 Å². The predicted molar refractivity (Wildman–Crippen MR) is 77.3 cm³/mol. The Morgan fingerprint density at radius 1 is 1.33 bits per heavy atom. The van der Waals surface area contributed by atoms with Crippen molar-refractivity contribution in [1.29, 1.82) is 0 Å². The van der Waals surface area contributed by atoms with Gasteiger partial charge in [0.25, 0.3) is 0 Å². The van der Waals surface area contributed by atoms with E-state index in [0.717, 1.165) is 24.2 Å². The molecule has 0 spiro atoms. The maximum Gasteiger partial charge on any atom is 0.319 e. The van der Waals surface area contributed by atoms with Crippen molar-refractivity contribution in [2.45, 2.75) is 43.3 Å². The van der Waals surface area contributed by atoms with E-state index in [4.69, 9.17) is 16.3 Å². The summed E-state index contributed by atoms with van der Waals surface area (Å²) < 4.78 is 5.11. The molecule has 18 heavy (non-hydrogen) atoms. The lowest BCUT2D eigenvalue weighted by molar-refractivity contribution is -0.142. The van der Waals surface area contributed by atoms with E-state index in [9.17, 15) is 4.79 Å². The lowest BCUT2D eigenvalue weighted by Crippen LogP contribution is -2.20. The molecule has 1 rings (SSSR count). The summed E-state index contributed by atoms with van der Waals surface area (Å²) in [5.74, 6) is -0.120. The van der Waals surface area contributed by atoms with Gasteiger partial charge in [0, 0.05) is 9.92 Å². The van der Waals surface area contributed by atoms with Gasteiger partial charge in [-0.25, -0.2) is 0 Å². The van der Waals surface area contributed by atoms with Crippen molar-refractivity contribution in [3.05, 3.63) is 29.3 Å². The molecule has 0 bridgehead atoms. The molecular formula is C14H19ClO2S. The number of carbonyl (C=O) groups excluding carboxylic acids is 1. The SMILES string of the molecule is CCCC[C@H](Sc1ccc(Cl)cc1)C(=O)OCC. The lowest BCUT2D eigenvalue weighted by atomic mass is 10.2. The molecule has 0 fully saturated rings. The molecule has 0 saturated heterocycles. The summed E-state index contributed by atoms with van der Waals surface area (Å²) in [7, 11) is 0. The van der Waals surface area contributed by atoms with Crippen LogP contribution in [0.25, 0.3) is 0 Å². The molecule has 0 radical (unpaired) electrons. The van der Waals surface area contributed by atoms with E-state index in [1.165, 1.54) is 0 Å². The van der Waals surface area contributed by atoms with Crippen LogP contribution in [0.1, 0.15) is 33.1 Å². The third-order valence-corrected chi connectivity index (χ3v) is 3.97.